The molecule has 2 rings (SSSR count). The van der Waals surface area contributed by atoms with Gasteiger partial charge in [0.25, 0.3) is 0 Å². The second kappa shape index (κ2) is 6.44. The number of hydrogen-bond acceptors (Lipinski definition) is 4. The predicted octanol–water partition coefficient (Wildman–Crippen LogP) is 1.64. The number of carboxylic acids is 1. The smallest absolute Gasteiger partial charge is 0.304 e. The van der Waals surface area contributed by atoms with E-state index >= 15 is 0 Å². The van der Waals surface area contributed by atoms with E-state index in [0.717, 1.165) is 24.2 Å². The molecule has 1 saturated heterocycles. The first kappa shape index (κ1) is 15.8. The van der Waals surface area contributed by atoms with E-state index < -0.39 is 16.0 Å². The summed E-state index contributed by atoms with van der Waals surface area (Å²) in [5.74, 6) is -0.731. The molecule has 1 N–H and O–H groups in total. The van der Waals surface area contributed by atoms with E-state index in [2.05, 4.69) is 0 Å². The third-order valence-corrected chi connectivity index (χ3v) is 5.51. The minimum Gasteiger partial charge on any atom is -0.497 e. The van der Waals surface area contributed by atoms with Crippen molar-refractivity contribution in [2.45, 2.75) is 25.3 Å². The highest BCUT2D eigenvalue weighted by Gasteiger charge is 2.35. The van der Waals surface area contributed by atoms with Crippen LogP contribution in [0.3, 0.4) is 0 Å². The maximum atomic E-state index is 12.3. The van der Waals surface area contributed by atoms with E-state index in [9.17, 15) is 13.2 Å². The molecule has 1 unspecified atom stereocenters. The fourth-order valence-corrected chi connectivity index (χ4v) is 4.25. The molecule has 1 aromatic rings. The Bertz CT molecular complexity index is 596. The van der Waals surface area contributed by atoms with Gasteiger partial charge in [-0.1, -0.05) is 12.1 Å². The lowest BCUT2D eigenvalue weighted by Gasteiger charge is -2.24. The average molecular weight is 313 g/mol. The zero-order valence-corrected chi connectivity index (χ0v) is 12.7. The highest BCUT2D eigenvalue weighted by molar-refractivity contribution is 7.89. The van der Waals surface area contributed by atoms with Crippen LogP contribution < -0.4 is 4.74 Å². The third kappa shape index (κ3) is 3.74. The highest BCUT2D eigenvalue weighted by atomic mass is 32.2. The van der Waals surface area contributed by atoms with Gasteiger partial charge in [-0.05, 0) is 30.5 Å². The molecule has 1 atom stereocenters. The van der Waals surface area contributed by atoms with Crippen molar-refractivity contribution in [2.24, 2.45) is 0 Å². The Morgan fingerprint density at radius 2 is 2.05 bits per heavy atom. The minimum absolute atomic E-state index is 0.213. The zero-order valence-electron chi connectivity index (χ0n) is 11.9. The summed E-state index contributed by atoms with van der Waals surface area (Å²) in [6, 6.07) is 7.10. The van der Waals surface area contributed by atoms with Crippen LogP contribution in [0, 0.1) is 0 Å². The number of carbonyl (C=O) groups is 1. The van der Waals surface area contributed by atoms with Crippen molar-refractivity contribution in [2.75, 3.05) is 19.4 Å². The number of carboxylic acid groups (broad SMARTS) is 1. The van der Waals surface area contributed by atoms with Crippen molar-refractivity contribution >= 4 is 16.0 Å². The Kier molecular flexibility index (Phi) is 4.84. The molecule has 0 spiro atoms. The largest absolute Gasteiger partial charge is 0.497 e. The van der Waals surface area contributed by atoms with Crippen molar-refractivity contribution in [3.8, 4) is 5.75 Å². The van der Waals surface area contributed by atoms with Gasteiger partial charge >= 0.3 is 5.97 Å². The molecular weight excluding hydrogens is 294 g/mol. The number of hydrogen-bond donors (Lipinski definition) is 1. The summed E-state index contributed by atoms with van der Waals surface area (Å²) in [6.07, 6.45) is 1.16. The van der Waals surface area contributed by atoms with Gasteiger partial charge in [0.15, 0.2) is 0 Å². The van der Waals surface area contributed by atoms with Crippen LogP contribution in [0.1, 0.15) is 30.9 Å². The van der Waals surface area contributed by atoms with Crippen LogP contribution in [0.5, 0.6) is 5.75 Å². The molecular formula is C14H19NO5S. The number of sulfonamides is 1. The summed E-state index contributed by atoms with van der Waals surface area (Å²) in [6.45, 7) is 0.443. The molecule has 0 aromatic heterocycles. The van der Waals surface area contributed by atoms with Gasteiger partial charge in [-0.2, -0.15) is 4.31 Å². The Morgan fingerprint density at radius 3 is 2.62 bits per heavy atom. The Morgan fingerprint density at radius 1 is 1.38 bits per heavy atom. The summed E-state index contributed by atoms with van der Waals surface area (Å²) in [4.78, 5) is 10.6. The molecule has 21 heavy (non-hydrogen) atoms. The topological polar surface area (TPSA) is 83.9 Å². The molecule has 1 aromatic carbocycles. The van der Waals surface area contributed by atoms with Crippen molar-refractivity contribution in [3.05, 3.63) is 29.8 Å². The lowest BCUT2D eigenvalue weighted by atomic mass is 10.1. The second-order valence-electron chi connectivity index (χ2n) is 5.00. The highest BCUT2D eigenvalue weighted by Crippen LogP contribution is 2.35. The molecule has 7 heteroatoms. The van der Waals surface area contributed by atoms with Crippen LogP contribution in [0.4, 0.5) is 0 Å². The predicted molar refractivity (Wildman–Crippen MR) is 77.7 cm³/mol. The summed E-state index contributed by atoms with van der Waals surface area (Å²) in [5, 5.41) is 8.66. The van der Waals surface area contributed by atoms with Crippen LogP contribution in [0.2, 0.25) is 0 Å². The van der Waals surface area contributed by atoms with Gasteiger partial charge in [0.2, 0.25) is 10.0 Å². The van der Waals surface area contributed by atoms with Crippen LogP contribution in [0.25, 0.3) is 0 Å². The first-order chi connectivity index (χ1) is 9.94. The number of rotatable bonds is 6. The van der Waals surface area contributed by atoms with Gasteiger partial charge < -0.3 is 9.84 Å². The van der Waals surface area contributed by atoms with Crippen LogP contribution >= 0.6 is 0 Å². The maximum absolute atomic E-state index is 12.3. The normalized spacial score (nSPS) is 19.6. The molecule has 1 heterocycles. The fourth-order valence-electron chi connectivity index (χ4n) is 2.57. The van der Waals surface area contributed by atoms with Crippen molar-refractivity contribution in [3.63, 3.8) is 0 Å². The maximum Gasteiger partial charge on any atom is 0.304 e. The van der Waals surface area contributed by atoms with Gasteiger partial charge in [0.05, 0.1) is 19.3 Å². The lowest BCUT2D eigenvalue weighted by molar-refractivity contribution is -0.136. The summed E-state index contributed by atoms with van der Waals surface area (Å²) in [7, 11) is -1.97. The van der Waals surface area contributed by atoms with Crippen LogP contribution in [-0.4, -0.2) is 43.2 Å². The third-order valence-electron chi connectivity index (χ3n) is 3.64. The molecule has 1 aliphatic rings. The van der Waals surface area contributed by atoms with Gasteiger partial charge in [0, 0.05) is 12.6 Å². The average Bonchev–Trinajstić information content (AvgIpc) is 2.96. The number of ether oxygens (including phenoxy) is 1. The van der Waals surface area contributed by atoms with E-state index in [1.807, 2.05) is 12.1 Å². The molecule has 0 bridgehead atoms. The monoisotopic (exact) mass is 313 g/mol. The number of nitrogens with zero attached hydrogens (tertiary/aromatic N) is 1. The first-order valence-corrected chi connectivity index (χ1v) is 8.40. The van der Waals surface area contributed by atoms with Crippen molar-refractivity contribution in [1.82, 2.24) is 4.31 Å². The van der Waals surface area contributed by atoms with E-state index in [-0.39, 0.29) is 18.2 Å². The molecule has 6 nitrogen and oxygen atoms in total. The summed E-state index contributed by atoms with van der Waals surface area (Å²) >= 11 is 0. The van der Waals surface area contributed by atoms with Gasteiger partial charge in [0.1, 0.15) is 5.75 Å². The quantitative estimate of drug-likeness (QED) is 0.863. The van der Waals surface area contributed by atoms with Gasteiger partial charge in [-0.3, -0.25) is 4.79 Å². The van der Waals surface area contributed by atoms with Gasteiger partial charge in [-0.15, -0.1) is 0 Å². The molecule has 1 fully saturated rings. The molecule has 0 aliphatic carbocycles. The summed E-state index contributed by atoms with van der Waals surface area (Å²) < 4.78 is 31.1. The molecule has 1 aliphatic heterocycles. The number of aliphatic carboxylic acids is 1. The standard InChI is InChI=1S/C14H19NO5S/c1-20-12-6-4-11(5-7-12)13-3-2-9-15(13)21(18,19)10-8-14(16)17/h4-7,13H,2-3,8-10H2,1H3,(H,16,17). The Labute approximate surface area is 124 Å². The van der Waals surface area contributed by atoms with Gasteiger partial charge in [-0.25, -0.2) is 8.42 Å². The number of benzene rings is 1. The van der Waals surface area contributed by atoms with E-state index in [0.29, 0.717) is 6.54 Å². The number of methoxy groups -OCH3 is 1. The lowest BCUT2D eigenvalue weighted by Crippen LogP contribution is -2.33. The fraction of sp³-hybridized carbons (Fsp3) is 0.500. The van der Waals surface area contributed by atoms with Crippen LogP contribution in [-0.2, 0) is 14.8 Å². The minimum atomic E-state index is -3.55. The van der Waals surface area contributed by atoms with Crippen molar-refractivity contribution < 1.29 is 23.1 Å². The zero-order chi connectivity index (χ0) is 15.5. The SMILES string of the molecule is COc1ccc(C2CCCN2S(=O)(=O)CCC(=O)O)cc1. The second-order valence-corrected chi connectivity index (χ2v) is 7.04. The van der Waals surface area contributed by atoms with Crippen LogP contribution in [0.15, 0.2) is 24.3 Å². The van der Waals surface area contributed by atoms with E-state index in [1.54, 1.807) is 19.2 Å². The summed E-state index contributed by atoms with van der Waals surface area (Å²) in [5.41, 5.74) is 0.909. The van der Waals surface area contributed by atoms with E-state index in [4.69, 9.17) is 9.84 Å². The molecule has 0 amide bonds. The molecule has 116 valence electrons. The van der Waals surface area contributed by atoms with E-state index in [1.165, 1.54) is 4.31 Å². The molecule has 0 saturated carbocycles. The Balaban J connectivity index is 2.17. The first-order valence-electron chi connectivity index (χ1n) is 6.79. The Hall–Kier alpha value is -1.60. The molecule has 0 radical (unpaired) electrons. The van der Waals surface area contributed by atoms with Crippen molar-refractivity contribution in [1.29, 1.82) is 0 Å².